The zero-order chi connectivity index (χ0) is 17.6. The lowest BCUT2D eigenvalue weighted by Crippen LogP contribution is -2.40. The first-order chi connectivity index (χ1) is 12.1. The number of nitrogens with zero attached hydrogens (tertiary/aromatic N) is 5. The molecule has 2 aromatic rings. The Kier molecular flexibility index (Phi) is 5.55. The van der Waals surface area contributed by atoms with Gasteiger partial charge in [0.1, 0.15) is 0 Å². The van der Waals surface area contributed by atoms with E-state index in [1.807, 2.05) is 12.3 Å². The molecule has 7 nitrogen and oxygen atoms in total. The van der Waals surface area contributed by atoms with Crippen LogP contribution in [0.3, 0.4) is 0 Å². The van der Waals surface area contributed by atoms with Gasteiger partial charge in [-0.05, 0) is 53.4 Å². The third-order valence-electron chi connectivity index (χ3n) is 4.55. The average Bonchev–Trinajstić information content (AvgIpc) is 2.63. The fourth-order valence-electron chi connectivity index (χ4n) is 3.43. The molecule has 3 rings (SSSR count). The van der Waals surface area contributed by atoms with E-state index in [0.29, 0.717) is 5.92 Å². The predicted molar refractivity (Wildman–Crippen MR) is 96.4 cm³/mol. The SMILES string of the molecule is CN(Cc1cccnc1)C[C@H]1CCCN(c2ccc([N+](=O)[O-])nc2)C1. The Hall–Kier alpha value is -2.54. The molecule has 0 N–H and O–H groups in total. The van der Waals surface area contributed by atoms with Crippen molar-refractivity contribution in [2.75, 3.05) is 31.6 Å². The van der Waals surface area contributed by atoms with Gasteiger partial charge in [-0.3, -0.25) is 4.98 Å². The number of aromatic nitrogens is 2. The monoisotopic (exact) mass is 341 g/mol. The molecule has 0 unspecified atom stereocenters. The summed E-state index contributed by atoms with van der Waals surface area (Å²) in [6.45, 7) is 3.84. The summed E-state index contributed by atoms with van der Waals surface area (Å²) in [4.78, 5) is 23.0. The van der Waals surface area contributed by atoms with Gasteiger partial charge < -0.3 is 19.9 Å². The molecule has 132 valence electrons. The van der Waals surface area contributed by atoms with Gasteiger partial charge in [-0.15, -0.1) is 0 Å². The fraction of sp³-hybridized carbons (Fsp3) is 0.444. The molecule has 0 bridgehead atoms. The Morgan fingerprint density at radius 1 is 1.36 bits per heavy atom. The zero-order valence-electron chi connectivity index (χ0n) is 14.4. The summed E-state index contributed by atoms with van der Waals surface area (Å²) >= 11 is 0. The van der Waals surface area contributed by atoms with E-state index in [-0.39, 0.29) is 5.82 Å². The van der Waals surface area contributed by atoms with Crippen LogP contribution < -0.4 is 4.90 Å². The predicted octanol–water partition coefficient (Wildman–Crippen LogP) is 2.73. The van der Waals surface area contributed by atoms with Crippen molar-refractivity contribution in [2.24, 2.45) is 5.92 Å². The molecule has 7 heteroatoms. The molecule has 0 saturated carbocycles. The van der Waals surface area contributed by atoms with Crippen molar-refractivity contribution in [1.29, 1.82) is 0 Å². The third kappa shape index (κ3) is 4.73. The van der Waals surface area contributed by atoms with Crippen LogP contribution in [0.5, 0.6) is 0 Å². The Morgan fingerprint density at radius 2 is 2.24 bits per heavy atom. The number of hydrogen-bond acceptors (Lipinski definition) is 6. The van der Waals surface area contributed by atoms with Gasteiger partial charge in [-0.25, -0.2) is 0 Å². The maximum absolute atomic E-state index is 10.7. The van der Waals surface area contributed by atoms with E-state index in [4.69, 9.17) is 0 Å². The lowest BCUT2D eigenvalue weighted by atomic mass is 9.97. The summed E-state index contributed by atoms with van der Waals surface area (Å²) < 4.78 is 0. The normalized spacial score (nSPS) is 17.7. The average molecular weight is 341 g/mol. The Morgan fingerprint density at radius 3 is 2.92 bits per heavy atom. The van der Waals surface area contributed by atoms with E-state index in [2.05, 4.69) is 32.9 Å². The topological polar surface area (TPSA) is 75.4 Å². The molecule has 2 aromatic heterocycles. The van der Waals surface area contributed by atoms with E-state index in [1.54, 1.807) is 18.5 Å². The van der Waals surface area contributed by atoms with Crippen LogP contribution in [-0.4, -0.2) is 46.5 Å². The van der Waals surface area contributed by atoms with Crippen LogP contribution in [0.1, 0.15) is 18.4 Å². The van der Waals surface area contributed by atoms with Crippen LogP contribution in [0.4, 0.5) is 11.5 Å². The van der Waals surface area contributed by atoms with Crippen LogP contribution in [0.15, 0.2) is 42.9 Å². The van der Waals surface area contributed by atoms with E-state index >= 15 is 0 Å². The van der Waals surface area contributed by atoms with E-state index in [1.165, 1.54) is 18.1 Å². The summed E-state index contributed by atoms with van der Waals surface area (Å²) in [5, 5.41) is 10.7. The number of pyridine rings is 2. The maximum atomic E-state index is 10.7. The lowest BCUT2D eigenvalue weighted by molar-refractivity contribution is -0.389. The molecule has 1 aliphatic rings. The molecule has 25 heavy (non-hydrogen) atoms. The standard InChI is InChI=1S/C18H23N5O2/c1-21(12-15-4-2-8-19-10-15)13-16-5-3-9-22(14-16)17-6-7-18(20-11-17)23(24)25/h2,4,6-8,10-11,16H,3,5,9,12-14H2,1H3/t16-/m1/s1. The smallest absolute Gasteiger partial charge is 0.363 e. The van der Waals surface area contributed by atoms with Crippen LogP contribution >= 0.6 is 0 Å². The summed E-state index contributed by atoms with van der Waals surface area (Å²) in [5.41, 5.74) is 2.18. The van der Waals surface area contributed by atoms with Gasteiger partial charge in [-0.1, -0.05) is 6.07 Å². The summed E-state index contributed by atoms with van der Waals surface area (Å²) in [6.07, 6.45) is 7.64. The van der Waals surface area contributed by atoms with Gasteiger partial charge in [-0.2, -0.15) is 0 Å². The molecule has 1 aliphatic heterocycles. The first-order valence-electron chi connectivity index (χ1n) is 8.54. The molecule has 3 heterocycles. The Bertz CT molecular complexity index is 692. The molecule has 0 radical (unpaired) electrons. The highest BCUT2D eigenvalue weighted by Crippen LogP contribution is 2.24. The first kappa shape index (κ1) is 17.3. The summed E-state index contributed by atoms with van der Waals surface area (Å²) in [7, 11) is 2.14. The van der Waals surface area contributed by atoms with E-state index < -0.39 is 4.92 Å². The molecule has 1 fully saturated rings. The van der Waals surface area contributed by atoms with Crippen LogP contribution in [0.2, 0.25) is 0 Å². The largest absolute Gasteiger partial charge is 0.368 e. The highest BCUT2D eigenvalue weighted by Gasteiger charge is 2.22. The maximum Gasteiger partial charge on any atom is 0.363 e. The number of rotatable bonds is 6. The van der Waals surface area contributed by atoms with Crippen LogP contribution in [-0.2, 0) is 6.54 Å². The number of hydrogen-bond donors (Lipinski definition) is 0. The number of nitro groups is 1. The van der Waals surface area contributed by atoms with Crippen molar-refractivity contribution in [3.05, 3.63) is 58.5 Å². The number of piperidine rings is 1. The summed E-state index contributed by atoms with van der Waals surface area (Å²) in [6, 6.07) is 7.34. The Balaban J connectivity index is 1.56. The molecule has 0 spiro atoms. The first-order valence-corrected chi connectivity index (χ1v) is 8.54. The molecular weight excluding hydrogens is 318 g/mol. The van der Waals surface area contributed by atoms with Crippen LogP contribution in [0, 0.1) is 16.0 Å². The molecule has 1 saturated heterocycles. The molecular formula is C18H23N5O2. The highest BCUT2D eigenvalue weighted by molar-refractivity contribution is 5.46. The van der Waals surface area contributed by atoms with Gasteiger partial charge in [0.05, 0.1) is 5.69 Å². The zero-order valence-corrected chi connectivity index (χ0v) is 14.4. The van der Waals surface area contributed by atoms with Gasteiger partial charge in [0.2, 0.25) is 0 Å². The second-order valence-corrected chi connectivity index (χ2v) is 6.64. The van der Waals surface area contributed by atoms with Crippen molar-refractivity contribution < 1.29 is 4.92 Å². The lowest BCUT2D eigenvalue weighted by Gasteiger charge is -2.35. The van der Waals surface area contributed by atoms with Gasteiger partial charge in [0, 0.05) is 44.6 Å². The van der Waals surface area contributed by atoms with Crippen molar-refractivity contribution in [2.45, 2.75) is 19.4 Å². The van der Waals surface area contributed by atoms with Gasteiger partial charge >= 0.3 is 5.82 Å². The molecule has 1 atom stereocenters. The van der Waals surface area contributed by atoms with Crippen molar-refractivity contribution in [3.8, 4) is 0 Å². The minimum Gasteiger partial charge on any atom is -0.368 e. The van der Waals surface area contributed by atoms with Crippen LogP contribution in [0.25, 0.3) is 0 Å². The summed E-state index contributed by atoms with van der Waals surface area (Å²) in [5.74, 6) is 0.471. The van der Waals surface area contributed by atoms with Crippen molar-refractivity contribution >= 4 is 11.5 Å². The minimum atomic E-state index is -0.462. The van der Waals surface area contributed by atoms with Crippen molar-refractivity contribution in [1.82, 2.24) is 14.9 Å². The van der Waals surface area contributed by atoms with Crippen molar-refractivity contribution in [3.63, 3.8) is 0 Å². The second-order valence-electron chi connectivity index (χ2n) is 6.64. The third-order valence-corrected chi connectivity index (χ3v) is 4.55. The molecule has 0 amide bonds. The minimum absolute atomic E-state index is 0.103. The molecule has 0 aliphatic carbocycles. The van der Waals surface area contributed by atoms with Gasteiger partial charge in [0.15, 0.2) is 6.20 Å². The Labute approximate surface area is 147 Å². The highest BCUT2D eigenvalue weighted by atomic mass is 16.6. The second kappa shape index (κ2) is 8.02. The molecule has 0 aromatic carbocycles. The van der Waals surface area contributed by atoms with Gasteiger partial charge in [0.25, 0.3) is 0 Å². The fourth-order valence-corrected chi connectivity index (χ4v) is 3.43. The van der Waals surface area contributed by atoms with E-state index in [0.717, 1.165) is 38.3 Å². The quantitative estimate of drug-likeness (QED) is 0.594. The van der Waals surface area contributed by atoms with E-state index in [9.17, 15) is 10.1 Å². The number of anilines is 1.